The molecule has 0 saturated carbocycles. The van der Waals surface area contributed by atoms with Crippen molar-refractivity contribution < 1.29 is 9.21 Å². The predicted molar refractivity (Wildman–Crippen MR) is 112 cm³/mol. The van der Waals surface area contributed by atoms with Crippen molar-refractivity contribution in [2.75, 3.05) is 11.1 Å². The van der Waals surface area contributed by atoms with Crippen molar-refractivity contribution in [2.45, 2.75) is 46.1 Å². The monoisotopic (exact) mass is 392 g/mol. The lowest BCUT2D eigenvalue weighted by Crippen LogP contribution is -2.34. The topological polar surface area (TPSA) is 103 Å². The third-order valence-corrected chi connectivity index (χ3v) is 5.39. The maximum absolute atomic E-state index is 12.8. The number of aromatic nitrogens is 2. The summed E-state index contributed by atoms with van der Waals surface area (Å²) >= 11 is 0. The van der Waals surface area contributed by atoms with Crippen LogP contribution in [0.15, 0.2) is 39.5 Å². The highest BCUT2D eigenvalue weighted by atomic mass is 16.3. The predicted octanol–water partition coefficient (Wildman–Crippen LogP) is 3.39. The molecule has 2 heterocycles. The number of nitrogen functional groups attached to an aromatic ring is 1. The second kappa shape index (κ2) is 7.24. The van der Waals surface area contributed by atoms with Crippen LogP contribution in [0, 0.1) is 13.8 Å². The van der Waals surface area contributed by atoms with E-state index in [1.807, 2.05) is 32.0 Å². The van der Waals surface area contributed by atoms with Crippen LogP contribution in [0.25, 0.3) is 11.3 Å². The Labute approximate surface area is 168 Å². The van der Waals surface area contributed by atoms with E-state index in [4.69, 9.17) is 10.2 Å². The van der Waals surface area contributed by atoms with Gasteiger partial charge in [0.05, 0.1) is 5.69 Å². The van der Waals surface area contributed by atoms with Crippen molar-refractivity contribution in [1.82, 2.24) is 9.78 Å². The van der Waals surface area contributed by atoms with E-state index in [0.29, 0.717) is 11.5 Å². The SMILES string of the molecule is Cc1cc(-c2cc(N)c(=O)n([C@H](C)C(=O)Nc3ccc4c(c3)CCC4)n2)c(C)o1. The molecule has 1 amide bonds. The molecule has 0 saturated heterocycles. The van der Waals surface area contributed by atoms with Gasteiger partial charge >= 0.3 is 0 Å². The van der Waals surface area contributed by atoms with Crippen LogP contribution in [0.2, 0.25) is 0 Å². The molecule has 1 atom stereocenters. The summed E-state index contributed by atoms with van der Waals surface area (Å²) in [6, 6.07) is 8.48. The Kier molecular flexibility index (Phi) is 4.74. The smallest absolute Gasteiger partial charge is 0.290 e. The maximum atomic E-state index is 12.8. The fourth-order valence-corrected chi connectivity index (χ4v) is 3.82. The fourth-order valence-electron chi connectivity index (χ4n) is 3.82. The Hall–Kier alpha value is -3.35. The van der Waals surface area contributed by atoms with Gasteiger partial charge in [0.1, 0.15) is 23.2 Å². The number of aryl methyl sites for hydroxylation is 4. The highest BCUT2D eigenvalue weighted by molar-refractivity contribution is 5.93. The molecule has 0 unspecified atom stereocenters. The number of benzene rings is 1. The van der Waals surface area contributed by atoms with Gasteiger partial charge in [0, 0.05) is 11.3 Å². The number of amides is 1. The molecule has 0 bridgehead atoms. The lowest BCUT2D eigenvalue weighted by Gasteiger charge is -2.16. The second-order valence-corrected chi connectivity index (χ2v) is 7.56. The molecule has 2 aromatic heterocycles. The first kappa shape index (κ1) is 19.0. The number of rotatable bonds is 4. The molecule has 150 valence electrons. The van der Waals surface area contributed by atoms with E-state index in [2.05, 4.69) is 16.5 Å². The van der Waals surface area contributed by atoms with E-state index in [1.54, 1.807) is 6.92 Å². The summed E-state index contributed by atoms with van der Waals surface area (Å²) in [5, 5.41) is 7.29. The molecule has 4 rings (SSSR count). The first-order valence-corrected chi connectivity index (χ1v) is 9.73. The molecular formula is C22H24N4O3. The largest absolute Gasteiger partial charge is 0.466 e. The highest BCUT2D eigenvalue weighted by Crippen LogP contribution is 2.27. The zero-order valence-electron chi connectivity index (χ0n) is 16.8. The van der Waals surface area contributed by atoms with Gasteiger partial charge in [-0.15, -0.1) is 0 Å². The third kappa shape index (κ3) is 3.55. The Morgan fingerprint density at radius 3 is 2.69 bits per heavy atom. The van der Waals surface area contributed by atoms with Crippen molar-refractivity contribution in [3.63, 3.8) is 0 Å². The van der Waals surface area contributed by atoms with Crippen LogP contribution in [0.4, 0.5) is 11.4 Å². The number of nitrogens with two attached hydrogens (primary N) is 1. The quantitative estimate of drug-likeness (QED) is 0.708. The Balaban J connectivity index is 1.64. The van der Waals surface area contributed by atoms with Gasteiger partial charge in [0.15, 0.2) is 0 Å². The standard InChI is InChI=1S/C22H24N4O3/c1-12-9-18(14(3)29-12)20-11-19(23)22(28)26(25-20)13(2)21(27)24-17-8-7-15-5-4-6-16(15)10-17/h7-11,13H,4-6,23H2,1-3H3,(H,24,27)/t13-/m1/s1. The number of hydrogen-bond acceptors (Lipinski definition) is 5. The Morgan fingerprint density at radius 2 is 1.97 bits per heavy atom. The summed E-state index contributed by atoms with van der Waals surface area (Å²) in [5.74, 6) is 1.09. The van der Waals surface area contributed by atoms with Gasteiger partial charge in [-0.2, -0.15) is 5.10 Å². The lowest BCUT2D eigenvalue weighted by atomic mass is 10.1. The van der Waals surface area contributed by atoms with Crippen LogP contribution >= 0.6 is 0 Å². The van der Waals surface area contributed by atoms with E-state index in [0.717, 1.165) is 41.0 Å². The molecule has 3 N–H and O–H groups in total. The molecule has 1 aliphatic carbocycles. The van der Waals surface area contributed by atoms with Gasteiger partial charge in [-0.1, -0.05) is 6.07 Å². The summed E-state index contributed by atoms with van der Waals surface area (Å²) in [5.41, 5.74) is 10.0. The zero-order chi connectivity index (χ0) is 20.7. The molecule has 0 aliphatic heterocycles. The van der Waals surface area contributed by atoms with Crippen LogP contribution in [-0.4, -0.2) is 15.7 Å². The third-order valence-electron chi connectivity index (χ3n) is 5.39. The van der Waals surface area contributed by atoms with Gasteiger partial charge in [-0.25, -0.2) is 4.68 Å². The Morgan fingerprint density at radius 1 is 1.21 bits per heavy atom. The average Bonchev–Trinajstić information content (AvgIpc) is 3.28. The Bertz CT molecular complexity index is 1160. The normalized spacial score (nSPS) is 13.9. The van der Waals surface area contributed by atoms with E-state index in [9.17, 15) is 9.59 Å². The summed E-state index contributed by atoms with van der Waals surface area (Å²) in [6.07, 6.45) is 3.25. The van der Waals surface area contributed by atoms with E-state index >= 15 is 0 Å². The molecule has 0 spiro atoms. The summed E-state index contributed by atoms with van der Waals surface area (Å²) in [7, 11) is 0. The molecule has 29 heavy (non-hydrogen) atoms. The average molecular weight is 392 g/mol. The van der Waals surface area contributed by atoms with Gasteiger partial charge in [0.2, 0.25) is 5.91 Å². The minimum Gasteiger partial charge on any atom is -0.466 e. The van der Waals surface area contributed by atoms with Crippen molar-refractivity contribution >= 4 is 17.3 Å². The van der Waals surface area contributed by atoms with Crippen LogP contribution in [0.3, 0.4) is 0 Å². The number of fused-ring (bicyclic) bond motifs is 1. The molecule has 0 radical (unpaired) electrons. The summed E-state index contributed by atoms with van der Waals surface area (Å²) in [4.78, 5) is 25.4. The zero-order valence-corrected chi connectivity index (χ0v) is 16.8. The first-order chi connectivity index (χ1) is 13.8. The van der Waals surface area contributed by atoms with Crippen molar-refractivity contribution in [2.24, 2.45) is 0 Å². The van der Waals surface area contributed by atoms with Crippen LogP contribution in [0.1, 0.15) is 42.0 Å². The first-order valence-electron chi connectivity index (χ1n) is 9.73. The van der Waals surface area contributed by atoms with Crippen LogP contribution in [-0.2, 0) is 17.6 Å². The van der Waals surface area contributed by atoms with Crippen molar-refractivity contribution in [3.05, 3.63) is 63.3 Å². The minimum absolute atomic E-state index is 0.0328. The highest BCUT2D eigenvalue weighted by Gasteiger charge is 2.22. The molecule has 1 aromatic carbocycles. The van der Waals surface area contributed by atoms with Crippen molar-refractivity contribution in [1.29, 1.82) is 0 Å². The fraction of sp³-hybridized carbons (Fsp3) is 0.318. The minimum atomic E-state index is -0.827. The summed E-state index contributed by atoms with van der Waals surface area (Å²) in [6.45, 7) is 5.29. The molecule has 1 aliphatic rings. The number of anilines is 2. The van der Waals surface area contributed by atoms with Crippen LogP contribution < -0.4 is 16.6 Å². The number of hydrogen-bond donors (Lipinski definition) is 2. The second-order valence-electron chi connectivity index (χ2n) is 7.56. The number of furan rings is 1. The molecule has 7 heteroatoms. The lowest BCUT2D eigenvalue weighted by molar-refractivity contribution is -0.119. The van der Waals surface area contributed by atoms with E-state index in [1.165, 1.54) is 17.2 Å². The van der Waals surface area contributed by atoms with Gasteiger partial charge in [0.25, 0.3) is 5.56 Å². The number of nitrogens with zero attached hydrogens (tertiary/aromatic N) is 2. The number of nitrogens with one attached hydrogen (secondary N) is 1. The van der Waals surface area contributed by atoms with Gasteiger partial charge < -0.3 is 15.5 Å². The van der Waals surface area contributed by atoms with Crippen LogP contribution in [0.5, 0.6) is 0 Å². The van der Waals surface area contributed by atoms with E-state index < -0.39 is 11.6 Å². The molecule has 3 aromatic rings. The van der Waals surface area contributed by atoms with Gasteiger partial charge in [-0.05, 0) is 75.4 Å². The van der Waals surface area contributed by atoms with Gasteiger partial charge in [-0.3, -0.25) is 9.59 Å². The maximum Gasteiger partial charge on any atom is 0.290 e. The molecular weight excluding hydrogens is 368 g/mol. The number of carbonyl (C=O) groups excluding carboxylic acids is 1. The van der Waals surface area contributed by atoms with Crippen molar-refractivity contribution in [3.8, 4) is 11.3 Å². The molecule has 0 fully saturated rings. The van der Waals surface area contributed by atoms with E-state index in [-0.39, 0.29) is 11.6 Å². The molecule has 7 nitrogen and oxygen atoms in total. The summed E-state index contributed by atoms with van der Waals surface area (Å²) < 4.78 is 6.69. The number of carbonyl (C=O) groups is 1.